The molecule has 0 atom stereocenters. The zero-order valence-corrected chi connectivity index (χ0v) is 13.4. The van der Waals surface area contributed by atoms with Crippen LogP contribution in [0.3, 0.4) is 0 Å². The minimum atomic E-state index is -0.329. The number of hydrogen-bond acceptors (Lipinski definition) is 5. The van der Waals surface area contributed by atoms with Crippen LogP contribution in [-0.4, -0.2) is 43.9 Å². The van der Waals surface area contributed by atoms with Gasteiger partial charge in [-0.05, 0) is 51.3 Å². The Bertz CT molecular complexity index is 620. The van der Waals surface area contributed by atoms with E-state index < -0.39 is 0 Å². The fourth-order valence-corrected chi connectivity index (χ4v) is 2.61. The number of nitrogens with one attached hydrogen (secondary N) is 2. The Morgan fingerprint density at radius 3 is 2.73 bits per heavy atom. The summed E-state index contributed by atoms with van der Waals surface area (Å²) in [7, 11) is 3.99. The zero-order valence-electron chi connectivity index (χ0n) is 12.6. The predicted molar refractivity (Wildman–Crippen MR) is 86.5 cm³/mol. The lowest BCUT2D eigenvalue weighted by Gasteiger charge is -2.09. The van der Waals surface area contributed by atoms with Gasteiger partial charge in [-0.1, -0.05) is 0 Å². The van der Waals surface area contributed by atoms with Crippen LogP contribution < -0.4 is 10.6 Å². The molecule has 2 rings (SSSR count). The van der Waals surface area contributed by atoms with Gasteiger partial charge in [0.15, 0.2) is 5.76 Å². The van der Waals surface area contributed by atoms with Gasteiger partial charge in [-0.25, -0.2) is 0 Å². The Hall–Kier alpha value is -2.12. The average molecular weight is 321 g/mol. The summed E-state index contributed by atoms with van der Waals surface area (Å²) < 4.78 is 5.02. The summed E-state index contributed by atoms with van der Waals surface area (Å²) in [6.07, 6.45) is 2.34. The molecule has 0 fully saturated rings. The summed E-state index contributed by atoms with van der Waals surface area (Å²) in [6, 6.07) is 6.64. The lowest BCUT2D eigenvalue weighted by Crippen LogP contribution is -2.26. The third-order valence-electron chi connectivity index (χ3n) is 2.88. The van der Waals surface area contributed by atoms with Crippen molar-refractivity contribution in [3.63, 3.8) is 0 Å². The first-order valence-corrected chi connectivity index (χ1v) is 7.75. The Balaban J connectivity index is 1.83. The predicted octanol–water partition coefficient (Wildman–Crippen LogP) is 2.27. The molecular weight excluding hydrogens is 302 g/mol. The van der Waals surface area contributed by atoms with E-state index in [1.807, 2.05) is 14.1 Å². The first-order valence-electron chi connectivity index (χ1n) is 6.94. The number of carbonyl (C=O) groups excluding carboxylic acids is 2. The summed E-state index contributed by atoms with van der Waals surface area (Å²) in [5.41, 5.74) is 0. The van der Waals surface area contributed by atoms with Crippen molar-refractivity contribution in [1.82, 2.24) is 10.2 Å². The third kappa shape index (κ3) is 4.71. The van der Waals surface area contributed by atoms with Crippen LogP contribution in [-0.2, 0) is 0 Å². The molecule has 2 amide bonds. The van der Waals surface area contributed by atoms with Crippen molar-refractivity contribution in [2.45, 2.75) is 6.42 Å². The largest absolute Gasteiger partial charge is 0.459 e. The number of amides is 2. The molecule has 0 spiro atoms. The number of anilines is 1. The molecule has 0 saturated carbocycles. The van der Waals surface area contributed by atoms with Crippen molar-refractivity contribution in [2.75, 3.05) is 32.5 Å². The van der Waals surface area contributed by atoms with Crippen molar-refractivity contribution in [3.8, 4) is 0 Å². The van der Waals surface area contributed by atoms with E-state index >= 15 is 0 Å². The summed E-state index contributed by atoms with van der Waals surface area (Å²) in [4.78, 5) is 26.4. The highest BCUT2D eigenvalue weighted by molar-refractivity contribution is 7.18. The smallest absolute Gasteiger partial charge is 0.291 e. The maximum atomic E-state index is 12.0. The molecule has 2 aromatic heterocycles. The zero-order chi connectivity index (χ0) is 15.9. The number of carbonyl (C=O) groups is 2. The minimum Gasteiger partial charge on any atom is -0.459 e. The first kappa shape index (κ1) is 16.3. The molecule has 118 valence electrons. The van der Waals surface area contributed by atoms with E-state index in [2.05, 4.69) is 15.5 Å². The van der Waals surface area contributed by atoms with Gasteiger partial charge in [-0.2, -0.15) is 0 Å². The molecular formula is C15H19N3O3S. The van der Waals surface area contributed by atoms with Crippen LogP contribution in [0.5, 0.6) is 0 Å². The van der Waals surface area contributed by atoms with Crippen LogP contribution in [0, 0.1) is 0 Å². The molecule has 0 unspecified atom stereocenters. The SMILES string of the molecule is CN(C)CCCNC(=O)c1ccc(NC(=O)c2ccco2)s1. The summed E-state index contributed by atoms with van der Waals surface area (Å²) in [5, 5.41) is 6.17. The van der Waals surface area contributed by atoms with E-state index in [-0.39, 0.29) is 17.6 Å². The van der Waals surface area contributed by atoms with Gasteiger partial charge in [0, 0.05) is 6.54 Å². The maximum Gasteiger partial charge on any atom is 0.291 e. The lowest BCUT2D eigenvalue weighted by atomic mass is 10.3. The van der Waals surface area contributed by atoms with Crippen LogP contribution >= 0.6 is 11.3 Å². The monoisotopic (exact) mass is 321 g/mol. The van der Waals surface area contributed by atoms with E-state index in [0.29, 0.717) is 16.4 Å². The Kier molecular flexibility index (Phi) is 5.74. The van der Waals surface area contributed by atoms with Gasteiger partial charge < -0.3 is 20.0 Å². The molecule has 0 aliphatic heterocycles. The third-order valence-corrected chi connectivity index (χ3v) is 3.88. The summed E-state index contributed by atoms with van der Waals surface area (Å²) in [5.74, 6) is -0.213. The quantitative estimate of drug-likeness (QED) is 0.767. The highest BCUT2D eigenvalue weighted by atomic mass is 32.1. The van der Waals surface area contributed by atoms with E-state index in [1.54, 1.807) is 24.3 Å². The van der Waals surface area contributed by atoms with Gasteiger partial charge in [-0.15, -0.1) is 11.3 Å². The molecule has 6 nitrogen and oxygen atoms in total. The molecule has 2 heterocycles. The Labute approximate surface area is 133 Å². The molecule has 2 aromatic rings. The standard InChI is InChI=1S/C15H19N3O3S/c1-18(2)9-4-8-16-15(20)12-6-7-13(22-12)17-14(19)11-5-3-10-21-11/h3,5-7,10H,4,8-9H2,1-2H3,(H,16,20)(H,17,19). The molecule has 0 aliphatic rings. The lowest BCUT2D eigenvalue weighted by molar-refractivity contribution is 0.0955. The number of nitrogens with zero attached hydrogens (tertiary/aromatic N) is 1. The number of thiophene rings is 1. The van der Waals surface area contributed by atoms with Crippen LogP contribution in [0.1, 0.15) is 26.6 Å². The molecule has 0 bridgehead atoms. The van der Waals surface area contributed by atoms with Crippen molar-refractivity contribution in [1.29, 1.82) is 0 Å². The average Bonchev–Trinajstić information content (AvgIpc) is 3.14. The molecule has 7 heteroatoms. The molecule has 2 N–H and O–H groups in total. The highest BCUT2D eigenvalue weighted by Gasteiger charge is 2.13. The van der Waals surface area contributed by atoms with E-state index in [9.17, 15) is 9.59 Å². The number of rotatable bonds is 7. The normalized spacial score (nSPS) is 10.7. The second-order valence-electron chi connectivity index (χ2n) is 5.01. The van der Waals surface area contributed by atoms with Crippen molar-refractivity contribution < 1.29 is 14.0 Å². The molecule has 0 radical (unpaired) electrons. The summed E-state index contributed by atoms with van der Waals surface area (Å²) >= 11 is 1.23. The highest BCUT2D eigenvalue weighted by Crippen LogP contribution is 2.22. The Morgan fingerprint density at radius 1 is 1.23 bits per heavy atom. The van der Waals surface area contributed by atoms with Crippen LogP contribution in [0.15, 0.2) is 34.9 Å². The summed E-state index contributed by atoms with van der Waals surface area (Å²) in [6.45, 7) is 1.55. The molecule has 0 aromatic carbocycles. The van der Waals surface area contributed by atoms with Gasteiger partial charge in [-0.3, -0.25) is 9.59 Å². The number of furan rings is 1. The Morgan fingerprint density at radius 2 is 2.05 bits per heavy atom. The maximum absolute atomic E-state index is 12.0. The van der Waals surface area contributed by atoms with Crippen LogP contribution in [0.4, 0.5) is 5.00 Å². The van der Waals surface area contributed by atoms with E-state index in [1.165, 1.54) is 17.6 Å². The molecule has 22 heavy (non-hydrogen) atoms. The van der Waals surface area contributed by atoms with Crippen molar-refractivity contribution in [2.24, 2.45) is 0 Å². The van der Waals surface area contributed by atoms with Gasteiger partial charge in [0.05, 0.1) is 16.1 Å². The number of hydrogen-bond donors (Lipinski definition) is 2. The van der Waals surface area contributed by atoms with Crippen LogP contribution in [0.25, 0.3) is 0 Å². The van der Waals surface area contributed by atoms with Gasteiger partial charge >= 0.3 is 0 Å². The fraction of sp³-hybridized carbons (Fsp3) is 0.333. The molecule has 0 saturated heterocycles. The minimum absolute atomic E-state index is 0.123. The van der Waals surface area contributed by atoms with Crippen molar-refractivity contribution >= 4 is 28.2 Å². The van der Waals surface area contributed by atoms with Crippen molar-refractivity contribution in [3.05, 3.63) is 41.2 Å². The van der Waals surface area contributed by atoms with E-state index in [0.717, 1.165) is 13.0 Å². The van der Waals surface area contributed by atoms with E-state index in [4.69, 9.17) is 4.42 Å². The van der Waals surface area contributed by atoms with Gasteiger partial charge in [0.25, 0.3) is 11.8 Å². The molecule has 0 aliphatic carbocycles. The second kappa shape index (κ2) is 7.77. The van der Waals surface area contributed by atoms with Gasteiger partial charge in [0.1, 0.15) is 0 Å². The van der Waals surface area contributed by atoms with Crippen LogP contribution in [0.2, 0.25) is 0 Å². The topological polar surface area (TPSA) is 74.6 Å². The first-order chi connectivity index (χ1) is 10.6. The fourth-order valence-electron chi connectivity index (χ4n) is 1.79. The second-order valence-corrected chi connectivity index (χ2v) is 6.09. The van der Waals surface area contributed by atoms with Gasteiger partial charge in [0.2, 0.25) is 0 Å².